The molecule has 2 aromatic rings. The van der Waals surface area contributed by atoms with Gasteiger partial charge in [-0.3, -0.25) is 4.79 Å². The van der Waals surface area contributed by atoms with E-state index in [1.165, 1.54) is 31.3 Å². The van der Waals surface area contributed by atoms with Crippen LogP contribution in [0.5, 0.6) is 0 Å². The topological polar surface area (TPSA) is 78.1 Å². The summed E-state index contributed by atoms with van der Waals surface area (Å²) in [7, 11) is 1.38. The van der Waals surface area contributed by atoms with Crippen molar-refractivity contribution in [1.29, 1.82) is 0 Å². The van der Waals surface area contributed by atoms with Crippen molar-refractivity contribution in [2.45, 2.75) is 59.8 Å². The maximum atomic E-state index is 11.8. The van der Waals surface area contributed by atoms with Crippen molar-refractivity contribution in [3.8, 4) is 10.9 Å². The number of nitrogens with zero attached hydrogens (tertiary/aromatic N) is 3. The lowest BCUT2D eigenvalue weighted by Crippen LogP contribution is -2.28. The van der Waals surface area contributed by atoms with Crippen molar-refractivity contribution in [2.75, 3.05) is 7.11 Å². The van der Waals surface area contributed by atoms with Gasteiger partial charge in [-0.2, -0.15) is 0 Å². The van der Waals surface area contributed by atoms with E-state index < -0.39 is 5.41 Å². The van der Waals surface area contributed by atoms with Crippen molar-refractivity contribution in [1.82, 2.24) is 15.2 Å². The van der Waals surface area contributed by atoms with Crippen molar-refractivity contribution < 1.29 is 13.9 Å². The number of methoxy groups -OCH3 is 1. The molecule has 25 heavy (non-hydrogen) atoms. The summed E-state index contributed by atoms with van der Waals surface area (Å²) in [5, 5.41) is 10.9. The van der Waals surface area contributed by atoms with Crippen LogP contribution in [0.2, 0.25) is 0 Å². The van der Waals surface area contributed by atoms with E-state index in [2.05, 4.69) is 34.4 Å². The Morgan fingerprint density at radius 2 is 2.12 bits per heavy atom. The second-order valence-electron chi connectivity index (χ2n) is 6.96. The predicted molar refractivity (Wildman–Crippen MR) is 97.3 cm³/mol. The Morgan fingerprint density at radius 3 is 2.76 bits per heavy atom. The van der Waals surface area contributed by atoms with Gasteiger partial charge in [0.15, 0.2) is 5.01 Å². The fourth-order valence-corrected chi connectivity index (χ4v) is 3.54. The van der Waals surface area contributed by atoms with Gasteiger partial charge in [0.2, 0.25) is 5.89 Å². The molecule has 2 rings (SSSR count). The van der Waals surface area contributed by atoms with Crippen LogP contribution in [0, 0.1) is 11.3 Å². The van der Waals surface area contributed by atoms with E-state index in [0.717, 1.165) is 23.5 Å². The number of aromatic nitrogens is 3. The molecule has 0 amide bonds. The molecule has 0 radical (unpaired) electrons. The highest BCUT2D eigenvalue weighted by Gasteiger charge is 2.31. The van der Waals surface area contributed by atoms with Gasteiger partial charge >= 0.3 is 5.97 Å². The van der Waals surface area contributed by atoms with E-state index in [1.807, 2.05) is 0 Å². The summed E-state index contributed by atoms with van der Waals surface area (Å²) in [5.74, 6) is 1.19. The maximum absolute atomic E-state index is 11.8. The third kappa shape index (κ3) is 5.11. The number of carbonyl (C=O) groups excluding carboxylic acids is 1. The first-order valence-corrected chi connectivity index (χ1v) is 9.63. The minimum atomic E-state index is -0.707. The quantitative estimate of drug-likeness (QED) is 0.616. The zero-order valence-corrected chi connectivity index (χ0v) is 16.5. The fourth-order valence-electron chi connectivity index (χ4n) is 2.79. The monoisotopic (exact) mass is 365 g/mol. The first kappa shape index (κ1) is 19.6. The summed E-state index contributed by atoms with van der Waals surface area (Å²) in [6, 6.07) is 0. The Kier molecular flexibility index (Phi) is 6.70. The highest BCUT2D eigenvalue weighted by atomic mass is 32.1. The number of hydrogen-bond acceptors (Lipinski definition) is 7. The molecule has 0 saturated carbocycles. The maximum Gasteiger partial charge on any atom is 0.311 e. The molecular formula is C18H27N3O3S. The Labute approximate surface area is 153 Å². The van der Waals surface area contributed by atoms with Crippen LogP contribution in [0.4, 0.5) is 0 Å². The van der Waals surface area contributed by atoms with Gasteiger partial charge in [0.25, 0.3) is 5.89 Å². The van der Waals surface area contributed by atoms with Gasteiger partial charge in [-0.05, 0) is 26.2 Å². The van der Waals surface area contributed by atoms with Crippen molar-refractivity contribution >= 4 is 17.3 Å². The third-order valence-corrected chi connectivity index (χ3v) is 5.18. The van der Waals surface area contributed by atoms with Gasteiger partial charge in [0.05, 0.1) is 18.2 Å². The zero-order chi connectivity index (χ0) is 18.4. The molecule has 0 aliphatic heterocycles. The molecule has 1 unspecified atom stereocenters. The number of carbonyl (C=O) groups is 1. The summed E-state index contributed by atoms with van der Waals surface area (Å²) in [4.78, 5) is 16.4. The summed E-state index contributed by atoms with van der Waals surface area (Å²) >= 11 is 1.52. The molecule has 2 heterocycles. The average Bonchev–Trinajstić information content (AvgIpc) is 3.22. The van der Waals surface area contributed by atoms with E-state index in [-0.39, 0.29) is 5.97 Å². The van der Waals surface area contributed by atoms with Gasteiger partial charge in [-0.25, -0.2) is 4.98 Å². The summed E-state index contributed by atoms with van der Waals surface area (Å²) in [6.45, 7) is 8.03. The zero-order valence-electron chi connectivity index (χ0n) is 15.7. The molecule has 0 spiro atoms. The number of hydrogen-bond donors (Lipinski definition) is 0. The molecule has 0 bridgehead atoms. The number of esters is 1. The van der Waals surface area contributed by atoms with Gasteiger partial charge in [-0.1, -0.05) is 33.1 Å². The van der Waals surface area contributed by atoms with Gasteiger partial charge in [-0.15, -0.1) is 21.5 Å². The molecule has 138 valence electrons. The second kappa shape index (κ2) is 8.56. The minimum absolute atomic E-state index is 0.301. The molecule has 6 nitrogen and oxygen atoms in total. The molecule has 0 aliphatic carbocycles. The smallest absolute Gasteiger partial charge is 0.311 e. The molecule has 0 saturated heterocycles. The van der Waals surface area contributed by atoms with Gasteiger partial charge in [0.1, 0.15) is 0 Å². The lowest BCUT2D eigenvalue weighted by Gasteiger charge is -2.18. The van der Waals surface area contributed by atoms with E-state index in [4.69, 9.17) is 9.15 Å². The van der Waals surface area contributed by atoms with Crippen molar-refractivity contribution in [2.24, 2.45) is 11.3 Å². The third-order valence-electron chi connectivity index (χ3n) is 4.30. The highest BCUT2D eigenvalue weighted by Crippen LogP contribution is 2.28. The van der Waals surface area contributed by atoms with Crippen LogP contribution in [-0.4, -0.2) is 28.3 Å². The molecule has 0 N–H and O–H groups in total. The Balaban J connectivity index is 2.06. The molecule has 0 aliphatic rings. The number of rotatable bonds is 9. The fraction of sp³-hybridized carbons (Fsp3) is 0.667. The van der Waals surface area contributed by atoms with Crippen LogP contribution in [0.3, 0.4) is 0 Å². The standard InChI is InChI=1S/C18H27N3O3S/c1-6-8-12(7-2)9-13-11-25-16(19-13)15-21-20-14(24-15)10-18(3,4)17(22)23-5/h11-12H,6-10H2,1-5H3. The lowest BCUT2D eigenvalue weighted by molar-refractivity contribution is -0.150. The normalized spacial score (nSPS) is 13.0. The average molecular weight is 365 g/mol. The minimum Gasteiger partial charge on any atom is -0.469 e. The lowest BCUT2D eigenvalue weighted by atomic mass is 9.89. The van der Waals surface area contributed by atoms with Crippen molar-refractivity contribution in [3.05, 3.63) is 17.0 Å². The first-order valence-electron chi connectivity index (χ1n) is 8.75. The van der Waals surface area contributed by atoms with Crippen LogP contribution in [-0.2, 0) is 22.4 Å². The molecule has 0 fully saturated rings. The van der Waals surface area contributed by atoms with E-state index in [1.54, 1.807) is 13.8 Å². The van der Waals surface area contributed by atoms with Crippen LogP contribution in [0.1, 0.15) is 58.5 Å². The Bertz CT molecular complexity index is 693. The second-order valence-corrected chi connectivity index (χ2v) is 7.82. The van der Waals surface area contributed by atoms with E-state index in [0.29, 0.717) is 24.1 Å². The van der Waals surface area contributed by atoms with Crippen LogP contribution < -0.4 is 0 Å². The van der Waals surface area contributed by atoms with Crippen LogP contribution in [0.25, 0.3) is 10.9 Å². The number of ether oxygens (including phenoxy) is 1. The molecule has 1 atom stereocenters. The van der Waals surface area contributed by atoms with E-state index >= 15 is 0 Å². The SMILES string of the molecule is CCCC(CC)Cc1csc(-c2nnc(CC(C)(C)C(=O)OC)o2)n1. The molecule has 2 aromatic heterocycles. The van der Waals surface area contributed by atoms with Gasteiger partial charge in [0, 0.05) is 11.8 Å². The van der Waals surface area contributed by atoms with Crippen LogP contribution in [0.15, 0.2) is 9.80 Å². The Hall–Kier alpha value is -1.76. The van der Waals surface area contributed by atoms with E-state index in [9.17, 15) is 4.79 Å². The highest BCUT2D eigenvalue weighted by molar-refractivity contribution is 7.13. The summed E-state index contributed by atoms with van der Waals surface area (Å²) < 4.78 is 10.5. The van der Waals surface area contributed by atoms with Gasteiger partial charge < -0.3 is 9.15 Å². The first-order chi connectivity index (χ1) is 11.9. The molecular weight excluding hydrogens is 338 g/mol. The Morgan fingerprint density at radius 1 is 1.36 bits per heavy atom. The number of thiazole rings is 1. The predicted octanol–water partition coefficient (Wildman–Crippen LogP) is 4.30. The van der Waals surface area contributed by atoms with Crippen LogP contribution >= 0.6 is 11.3 Å². The molecule has 7 heteroatoms. The molecule has 0 aromatic carbocycles. The van der Waals surface area contributed by atoms with Crippen molar-refractivity contribution in [3.63, 3.8) is 0 Å². The summed E-state index contributed by atoms with van der Waals surface area (Å²) in [6.07, 6.45) is 4.89. The largest absolute Gasteiger partial charge is 0.469 e. The summed E-state index contributed by atoms with van der Waals surface area (Å²) in [5.41, 5.74) is 0.371.